The van der Waals surface area contributed by atoms with E-state index in [0.717, 1.165) is 18.5 Å². The van der Waals surface area contributed by atoms with Crippen LogP contribution in [-0.4, -0.2) is 12.3 Å². The Kier molecular flexibility index (Phi) is 6.08. The van der Waals surface area contributed by atoms with Gasteiger partial charge in [0.25, 0.3) is 5.24 Å². The normalized spacial score (nSPS) is 12.0. The summed E-state index contributed by atoms with van der Waals surface area (Å²) in [6, 6.07) is 18.3. The van der Waals surface area contributed by atoms with Gasteiger partial charge in [-0.3, -0.25) is 4.79 Å². The van der Waals surface area contributed by atoms with Gasteiger partial charge in [-0.05, 0) is 31.0 Å². The number of carbonyl (C=O) groups excluding carboxylic acids is 1. The van der Waals surface area contributed by atoms with Crippen molar-refractivity contribution < 1.29 is 4.79 Å². The van der Waals surface area contributed by atoms with Gasteiger partial charge >= 0.3 is 0 Å². The molecule has 0 aliphatic carbocycles. The van der Waals surface area contributed by atoms with Crippen LogP contribution < -0.4 is 4.90 Å². The number of amides is 1. The van der Waals surface area contributed by atoms with Gasteiger partial charge in [-0.1, -0.05) is 73.1 Å². The molecule has 0 aromatic heterocycles. The van der Waals surface area contributed by atoms with Crippen molar-refractivity contribution in [2.75, 3.05) is 11.9 Å². The molecular weight excluding hydrogens is 290 g/mol. The van der Waals surface area contributed by atoms with E-state index < -0.39 is 0 Å². The van der Waals surface area contributed by atoms with E-state index in [4.69, 9.17) is 0 Å². The maximum absolute atomic E-state index is 12.6. The lowest BCUT2D eigenvalue weighted by molar-refractivity contribution is 0.266. The third-order valence-electron chi connectivity index (χ3n) is 3.66. The summed E-state index contributed by atoms with van der Waals surface area (Å²) in [6.45, 7) is 4.21. The van der Waals surface area contributed by atoms with Crippen molar-refractivity contribution in [3.63, 3.8) is 0 Å². The van der Waals surface area contributed by atoms with E-state index >= 15 is 0 Å². The monoisotopic (exact) mass is 313 g/mol. The van der Waals surface area contributed by atoms with Crippen LogP contribution in [0.3, 0.4) is 0 Å². The third-order valence-corrected chi connectivity index (χ3v) is 4.93. The Labute approximate surface area is 137 Å². The van der Waals surface area contributed by atoms with Gasteiger partial charge in [0.1, 0.15) is 0 Å². The number of thioether (sulfide) groups is 1. The Morgan fingerprint density at radius 3 is 2.32 bits per heavy atom. The second kappa shape index (κ2) is 8.04. The fraction of sp³-hybridized carbons (Fsp3) is 0.316. The van der Waals surface area contributed by atoms with Crippen LogP contribution in [0.5, 0.6) is 0 Å². The second-order valence-electron chi connectivity index (χ2n) is 5.47. The van der Waals surface area contributed by atoms with Crippen LogP contribution in [0.4, 0.5) is 10.5 Å². The van der Waals surface area contributed by atoms with Gasteiger partial charge in [0.15, 0.2) is 0 Å². The molecule has 0 bridgehead atoms. The van der Waals surface area contributed by atoms with Gasteiger partial charge in [0, 0.05) is 18.0 Å². The zero-order valence-electron chi connectivity index (χ0n) is 13.5. The zero-order valence-corrected chi connectivity index (χ0v) is 14.3. The fourth-order valence-corrected chi connectivity index (χ4v) is 3.45. The number of rotatable bonds is 5. The highest BCUT2D eigenvalue weighted by Gasteiger charge is 2.19. The third kappa shape index (κ3) is 4.38. The van der Waals surface area contributed by atoms with Crippen LogP contribution in [0.25, 0.3) is 0 Å². The van der Waals surface area contributed by atoms with E-state index in [0.29, 0.717) is 0 Å². The highest BCUT2D eigenvalue weighted by atomic mass is 32.2. The summed E-state index contributed by atoms with van der Waals surface area (Å²) in [5.74, 6) is 0. The van der Waals surface area contributed by atoms with E-state index in [2.05, 4.69) is 19.1 Å². The minimum atomic E-state index is 0.0890. The van der Waals surface area contributed by atoms with Gasteiger partial charge in [-0.2, -0.15) is 0 Å². The van der Waals surface area contributed by atoms with Gasteiger partial charge < -0.3 is 4.90 Å². The Morgan fingerprint density at radius 2 is 1.73 bits per heavy atom. The quantitative estimate of drug-likeness (QED) is 0.692. The van der Waals surface area contributed by atoms with E-state index in [9.17, 15) is 4.79 Å². The minimum Gasteiger partial charge on any atom is -0.306 e. The molecule has 0 aliphatic rings. The van der Waals surface area contributed by atoms with Gasteiger partial charge in [-0.15, -0.1) is 0 Å². The van der Waals surface area contributed by atoms with Crippen LogP contribution in [0.1, 0.15) is 36.1 Å². The number of hydrogen-bond donors (Lipinski definition) is 0. The minimum absolute atomic E-state index is 0.0890. The van der Waals surface area contributed by atoms with Crippen molar-refractivity contribution in [3.8, 4) is 0 Å². The number of anilines is 1. The molecule has 0 unspecified atom stereocenters. The molecule has 116 valence electrons. The SMILES string of the molecule is CCC[C@@H](SC(=O)N(C)c1ccc(C)cc1)c1ccccc1. The molecule has 22 heavy (non-hydrogen) atoms. The maximum atomic E-state index is 12.6. The predicted molar refractivity (Wildman–Crippen MR) is 96.7 cm³/mol. The summed E-state index contributed by atoms with van der Waals surface area (Å²) in [4.78, 5) is 14.3. The standard InChI is InChI=1S/C19H23NOS/c1-4-8-18(16-9-6-5-7-10-16)22-19(21)20(3)17-13-11-15(2)12-14-17/h5-7,9-14,18H,4,8H2,1-3H3/t18-/m1/s1. The molecule has 0 saturated carbocycles. The molecular formula is C19H23NOS. The first-order valence-corrected chi connectivity index (χ1v) is 8.55. The summed E-state index contributed by atoms with van der Waals surface area (Å²) in [7, 11) is 1.84. The number of aryl methyl sites for hydroxylation is 1. The summed E-state index contributed by atoms with van der Waals surface area (Å²) < 4.78 is 0. The molecule has 2 nitrogen and oxygen atoms in total. The second-order valence-corrected chi connectivity index (χ2v) is 6.62. The molecule has 3 heteroatoms. The van der Waals surface area contributed by atoms with Crippen LogP contribution in [0, 0.1) is 6.92 Å². The number of carbonyl (C=O) groups is 1. The number of benzene rings is 2. The van der Waals surface area contributed by atoms with Crippen LogP contribution in [0.2, 0.25) is 0 Å². The molecule has 1 atom stereocenters. The summed E-state index contributed by atoms with van der Waals surface area (Å²) in [5, 5.41) is 0.303. The van der Waals surface area contributed by atoms with Crippen molar-refractivity contribution in [3.05, 3.63) is 65.7 Å². The molecule has 2 rings (SSSR count). The van der Waals surface area contributed by atoms with Crippen LogP contribution >= 0.6 is 11.8 Å². The summed E-state index contributed by atoms with van der Waals surface area (Å²) in [6.07, 6.45) is 2.07. The summed E-state index contributed by atoms with van der Waals surface area (Å²) in [5.41, 5.74) is 3.36. The topological polar surface area (TPSA) is 20.3 Å². The van der Waals surface area contributed by atoms with Crippen molar-refractivity contribution in [2.24, 2.45) is 0 Å². The van der Waals surface area contributed by atoms with Crippen molar-refractivity contribution in [1.82, 2.24) is 0 Å². The first-order chi connectivity index (χ1) is 10.6. The molecule has 0 fully saturated rings. The molecule has 0 aliphatic heterocycles. The Hall–Kier alpha value is -1.74. The molecule has 0 saturated heterocycles. The highest BCUT2D eigenvalue weighted by Crippen LogP contribution is 2.35. The average molecular weight is 313 g/mol. The van der Waals surface area contributed by atoms with E-state index in [1.807, 2.05) is 56.4 Å². The Bertz CT molecular complexity index is 595. The molecule has 2 aromatic carbocycles. The smallest absolute Gasteiger partial charge is 0.286 e. The molecule has 0 radical (unpaired) electrons. The van der Waals surface area contributed by atoms with E-state index in [1.165, 1.54) is 22.9 Å². The summed E-state index contributed by atoms with van der Waals surface area (Å²) >= 11 is 1.42. The van der Waals surface area contributed by atoms with Crippen LogP contribution in [-0.2, 0) is 0 Å². The lowest BCUT2D eigenvalue weighted by Crippen LogP contribution is -2.22. The lowest BCUT2D eigenvalue weighted by atomic mass is 10.1. The first-order valence-electron chi connectivity index (χ1n) is 7.67. The van der Waals surface area contributed by atoms with E-state index in [1.54, 1.807) is 4.90 Å². The average Bonchev–Trinajstić information content (AvgIpc) is 2.55. The molecule has 0 spiro atoms. The van der Waals surface area contributed by atoms with Crippen molar-refractivity contribution >= 4 is 22.7 Å². The van der Waals surface area contributed by atoms with Gasteiger partial charge in [0.05, 0.1) is 0 Å². The molecule has 1 amide bonds. The van der Waals surface area contributed by atoms with E-state index in [-0.39, 0.29) is 10.5 Å². The largest absolute Gasteiger partial charge is 0.306 e. The molecule has 0 N–H and O–H groups in total. The van der Waals surface area contributed by atoms with Gasteiger partial charge in [-0.25, -0.2) is 0 Å². The molecule has 0 heterocycles. The maximum Gasteiger partial charge on any atom is 0.286 e. The Morgan fingerprint density at radius 1 is 1.09 bits per heavy atom. The lowest BCUT2D eigenvalue weighted by Gasteiger charge is -2.21. The molecule has 2 aromatic rings. The fourth-order valence-electron chi connectivity index (χ4n) is 2.30. The number of nitrogens with zero attached hydrogens (tertiary/aromatic N) is 1. The zero-order chi connectivity index (χ0) is 15.9. The highest BCUT2D eigenvalue weighted by molar-refractivity contribution is 8.14. The van der Waals surface area contributed by atoms with Crippen molar-refractivity contribution in [1.29, 1.82) is 0 Å². The van der Waals surface area contributed by atoms with Crippen molar-refractivity contribution in [2.45, 2.75) is 31.9 Å². The van der Waals surface area contributed by atoms with Crippen LogP contribution in [0.15, 0.2) is 54.6 Å². The van der Waals surface area contributed by atoms with Gasteiger partial charge in [0.2, 0.25) is 0 Å². The predicted octanol–water partition coefficient (Wildman–Crippen LogP) is 5.83. The Balaban J connectivity index is 2.09. The first kappa shape index (κ1) is 16.6. The number of hydrogen-bond acceptors (Lipinski definition) is 2.